The van der Waals surface area contributed by atoms with Crippen molar-refractivity contribution in [3.63, 3.8) is 0 Å². The first-order valence-electron chi connectivity index (χ1n) is 16.1. The van der Waals surface area contributed by atoms with Crippen LogP contribution >= 0.6 is 0 Å². The van der Waals surface area contributed by atoms with Gasteiger partial charge in [-0.1, -0.05) is 84.9 Å². The van der Waals surface area contributed by atoms with E-state index < -0.39 is 0 Å². The van der Waals surface area contributed by atoms with Gasteiger partial charge in [0.2, 0.25) is 0 Å². The van der Waals surface area contributed by atoms with Gasteiger partial charge in [-0.25, -0.2) is 4.98 Å². The molecule has 0 spiro atoms. The van der Waals surface area contributed by atoms with Crippen LogP contribution in [0.15, 0.2) is 146 Å². The predicted molar refractivity (Wildman–Crippen MR) is 198 cm³/mol. The third kappa shape index (κ3) is 4.36. The van der Waals surface area contributed by atoms with Crippen molar-refractivity contribution in [2.45, 2.75) is 0 Å². The minimum absolute atomic E-state index is 0.454. The Morgan fingerprint density at radius 1 is 0.420 bits per heavy atom. The molecule has 9 rings (SSSR count). The van der Waals surface area contributed by atoms with Gasteiger partial charge in [-0.3, -0.25) is 0 Å². The normalized spacial score (nSPS) is 11.1. The van der Waals surface area contributed by atoms with Crippen molar-refractivity contribution in [3.8, 4) is 52.1 Å². The highest BCUT2D eigenvalue weighted by Crippen LogP contribution is 2.41. The van der Waals surface area contributed by atoms with E-state index in [0.717, 1.165) is 71.8 Å². The lowest BCUT2D eigenvalue weighted by atomic mass is 10.0. The van der Waals surface area contributed by atoms with Crippen molar-refractivity contribution in [1.82, 2.24) is 14.1 Å². The molecule has 0 saturated carbocycles. The largest absolute Gasteiger partial charge is 0.308 e. The highest BCUT2D eigenvalue weighted by Gasteiger charge is 2.22. The summed E-state index contributed by atoms with van der Waals surface area (Å²) in [6, 6.07) is 54.8. The minimum atomic E-state index is 0.454. The van der Waals surface area contributed by atoms with Crippen molar-refractivity contribution >= 4 is 43.6 Å². The second-order valence-electron chi connectivity index (χ2n) is 12.2. The lowest BCUT2D eigenvalue weighted by Crippen LogP contribution is -2.05. The Labute approximate surface area is 287 Å². The zero-order chi connectivity index (χ0) is 33.8. The molecule has 6 aromatic carbocycles. The molecule has 0 atom stereocenters. The summed E-state index contributed by atoms with van der Waals surface area (Å²) in [6.45, 7) is 0. The average molecular weight is 637 g/mol. The van der Waals surface area contributed by atoms with Crippen LogP contribution in [0.3, 0.4) is 0 Å². The van der Waals surface area contributed by atoms with Gasteiger partial charge in [0.1, 0.15) is 6.07 Å². The summed E-state index contributed by atoms with van der Waals surface area (Å²) in [7, 11) is 0. The molecule has 3 heterocycles. The fourth-order valence-corrected chi connectivity index (χ4v) is 7.20. The number of hydrogen-bond acceptors (Lipinski definition) is 4. The lowest BCUT2D eigenvalue weighted by molar-refractivity contribution is 1.13. The van der Waals surface area contributed by atoms with Gasteiger partial charge in [0.15, 0.2) is 0 Å². The van der Waals surface area contributed by atoms with E-state index in [1.165, 1.54) is 0 Å². The van der Waals surface area contributed by atoms with Crippen LogP contribution in [0.25, 0.3) is 77.5 Å². The van der Waals surface area contributed by atoms with Gasteiger partial charge < -0.3 is 9.13 Å². The second-order valence-corrected chi connectivity index (χ2v) is 12.2. The first-order valence-corrected chi connectivity index (χ1v) is 16.1. The molecule has 50 heavy (non-hydrogen) atoms. The van der Waals surface area contributed by atoms with Crippen LogP contribution in [-0.4, -0.2) is 14.1 Å². The van der Waals surface area contributed by atoms with Gasteiger partial charge in [-0.05, 0) is 60.7 Å². The van der Waals surface area contributed by atoms with Crippen LogP contribution < -0.4 is 0 Å². The zero-order valence-corrected chi connectivity index (χ0v) is 26.5. The van der Waals surface area contributed by atoms with Gasteiger partial charge in [0.25, 0.3) is 0 Å². The molecule has 230 valence electrons. The Kier molecular flexibility index (Phi) is 6.53. The number of fused-ring (bicyclic) bond motifs is 6. The van der Waals surface area contributed by atoms with E-state index in [1.807, 2.05) is 127 Å². The Balaban J connectivity index is 1.43. The van der Waals surface area contributed by atoms with Crippen molar-refractivity contribution < 1.29 is 0 Å². The molecule has 0 aliphatic heterocycles. The van der Waals surface area contributed by atoms with Gasteiger partial charge in [-0.2, -0.15) is 15.8 Å². The van der Waals surface area contributed by atoms with Crippen LogP contribution in [0.5, 0.6) is 0 Å². The minimum Gasteiger partial charge on any atom is -0.308 e. The molecule has 3 aromatic heterocycles. The van der Waals surface area contributed by atoms with Crippen molar-refractivity contribution in [2.75, 3.05) is 0 Å². The molecule has 0 aliphatic carbocycles. The van der Waals surface area contributed by atoms with E-state index in [4.69, 9.17) is 4.98 Å². The summed E-state index contributed by atoms with van der Waals surface area (Å²) >= 11 is 0. The number of benzene rings is 6. The van der Waals surface area contributed by atoms with E-state index in [2.05, 4.69) is 45.5 Å². The Bertz CT molecular complexity index is 2960. The van der Waals surface area contributed by atoms with Gasteiger partial charge in [0, 0.05) is 32.7 Å². The summed E-state index contributed by atoms with van der Waals surface area (Å²) < 4.78 is 4.22. The smallest absolute Gasteiger partial charge is 0.101 e. The zero-order valence-electron chi connectivity index (χ0n) is 26.5. The fraction of sp³-hybridized carbons (Fsp3) is 0. The summed E-state index contributed by atoms with van der Waals surface area (Å²) in [6.07, 6.45) is 0. The van der Waals surface area contributed by atoms with E-state index in [9.17, 15) is 15.8 Å². The van der Waals surface area contributed by atoms with Crippen LogP contribution in [0.1, 0.15) is 16.7 Å². The van der Waals surface area contributed by atoms with Gasteiger partial charge in [0.05, 0.1) is 73.7 Å². The summed E-state index contributed by atoms with van der Waals surface area (Å²) in [5.74, 6) is 0. The third-order valence-corrected chi connectivity index (χ3v) is 9.42. The molecule has 9 aromatic rings. The number of hydrogen-bond donors (Lipinski definition) is 0. The molecule has 0 N–H and O–H groups in total. The molecule has 0 bridgehead atoms. The van der Waals surface area contributed by atoms with E-state index >= 15 is 0 Å². The predicted octanol–water partition coefficient (Wildman–Crippen LogP) is 10.2. The summed E-state index contributed by atoms with van der Waals surface area (Å²) in [4.78, 5) is 5.21. The monoisotopic (exact) mass is 636 g/mol. The summed E-state index contributed by atoms with van der Waals surface area (Å²) in [5, 5.41) is 34.7. The molecule has 0 aliphatic rings. The summed E-state index contributed by atoms with van der Waals surface area (Å²) in [5.41, 5.74) is 9.90. The molecule has 0 unspecified atom stereocenters. The van der Waals surface area contributed by atoms with E-state index in [1.54, 1.807) is 0 Å². The molecule has 0 amide bonds. The number of para-hydroxylation sites is 2. The highest BCUT2D eigenvalue weighted by atomic mass is 15.0. The number of rotatable bonds is 4. The first kappa shape index (κ1) is 28.7. The molecule has 6 nitrogen and oxygen atoms in total. The standard InChI is InChI=1S/C44H24N6/c45-25-28-17-19-34-32-11-4-6-15-39(32)49(42(34)21-28)41-24-36(38-14-8-13-37(48-38)30-9-2-1-3-10-30)44(23-31(41)27-47)50-40-16-7-5-12-33(40)35-20-18-29(26-46)22-43(35)50/h1-24H. The molecule has 0 fully saturated rings. The van der Waals surface area contributed by atoms with Crippen LogP contribution in [0.2, 0.25) is 0 Å². The Hall–Kier alpha value is -7.46. The molecule has 6 heteroatoms. The van der Waals surface area contributed by atoms with Gasteiger partial charge >= 0.3 is 0 Å². The van der Waals surface area contributed by atoms with E-state index in [-0.39, 0.29) is 0 Å². The van der Waals surface area contributed by atoms with Crippen molar-refractivity contribution in [2.24, 2.45) is 0 Å². The topological polar surface area (TPSA) is 94.1 Å². The Morgan fingerprint density at radius 2 is 0.960 bits per heavy atom. The first-order chi connectivity index (χ1) is 24.7. The molecular formula is C44H24N6. The average Bonchev–Trinajstić information content (AvgIpc) is 3.69. The maximum Gasteiger partial charge on any atom is 0.101 e. The number of nitrogens with zero attached hydrogens (tertiary/aromatic N) is 6. The van der Waals surface area contributed by atoms with Crippen molar-refractivity contribution in [3.05, 3.63) is 162 Å². The fourth-order valence-electron chi connectivity index (χ4n) is 7.20. The number of aromatic nitrogens is 3. The lowest BCUT2D eigenvalue weighted by Gasteiger charge is -2.19. The quantitative estimate of drug-likeness (QED) is 0.192. The maximum absolute atomic E-state index is 10.9. The number of nitriles is 3. The van der Waals surface area contributed by atoms with Crippen LogP contribution in [0, 0.1) is 34.0 Å². The van der Waals surface area contributed by atoms with E-state index in [0.29, 0.717) is 22.4 Å². The van der Waals surface area contributed by atoms with Gasteiger partial charge in [-0.15, -0.1) is 0 Å². The second kappa shape index (κ2) is 11.4. The van der Waals surface area contributed by atoms with Crippen LogP contribution in [0.4, 0.5) is 0 Å². The van der Waals surface area contributed by atoms with Crippen molar-refractivity contribution in [1.29, 1.82) is 15.8 Å². The molecular weight excluding hydrogens is 613 g/mol. The highest BCUT2D eigenvalue weighted by molar-refractivity contribution is 6.11. The molecule has 0 radical (unpaired) electrons. The third-order valence-electron chi connectivity index (χ3n) is 9.42. The maximum atomic E-state index is 10.9. The number of pyridine rings is 1. The Morgan fingerprint density at radius 3 is 1.56 bits per heavy atom. The SMILES string of the molecule is N#Cc1ccc2c3ccccc3n(-c3cc(-c4cccc(-c5ccccc5)n4)c(-n4c5ccccc5c5ccc(C#N)cc54)cc3C#N)c2c1. The van der Waals surface area contributed by atoms with Crippen LogP contribution in [-0.2, 0) is 0 Å². The molecule has 0 saturated heterocycles.